The number of rotatable bonds is 10. The Morgan fingerprint density at radius 1 is 1.00 bits per heavy atom. The summed E-state index contributed by atoms with van der Waals surface area (Å²) in [5.74, 6) is 1.03. The van der Waals surface area contributed by atoms with Crippen LogP contribution in [0.3, 0.4) is 0 Å². The number of carbonyl (C=O) groups excluding carboxylic acids is 1. The number of aromatic nitrogens is 3. The van der Waals surface area contributed by atoms with Crippen molar-refractivity contribution < 1.29 is 19.0 Å². The van der Waals surface area contributed by atoms with Crippen LogP contribution < -0.4 is 14.8 Å². The number of amides is 1. The second-order valence-corrected chi connectivity index (χ2v) is 7.73. The minimum absolute atomic E-state index is 0.237. The first-order chi connectivity index (χ1) is 17.1. The Labute approximate surface area is 204 Å². The molecule has 1 heterocycles. The third kappa shape index (κ3) is 5.85. The van der Waals surface area contributed by atoms with E-state index in [-0.39, 0.29) is 11.9 Å². The van der Waals surface area contributed by atoms with Gasteiger partial charge in [0.2, 0.25) is 0 Å². The molecule has 1 amide bonds. The fourth-order valence-corrected chi connectivity index (χ4v) is 3.55. The molecule has 0 aliphatic heterocycles. The van der Waals surface area contributed by atoms with Gasteiger partial charge in [0.1, 0.15) is 12.4 Å². The standard InChI is InChI=1S/C27H28N4O4/c1-4-34-15-16-35-27-29-25(24-14-6-5-9-19(24)2)31(30-27)22-12-8-11-21(18-22)28-26(32)20-10-7-13-23(17-20)33-3/h5-14,17-18H,4,15-16H2,1-3H3,(H,28,32). The van der Waals surface area contributed by atoms with Crippen LogP contribution in [0.1, 0.15) is 22.8 Å². The van der Waals surface area contributed by atoms with Crippen LogP contribution in [0.2, 0.25) is 0 Å². The summed E-state index contributed by atoms with van der Waals surface area (Å²) >= 11 is 0. The molecule has 0 saturated carbocycles. The Bertz CT molecular complexity index is 1300. The molecule has 1 N–H and O–H groups in total. The maximum atomic E-state index is 12.8. The van der Waals surface area contributed by atoms with Crippen LogP contribution in [0.25, 0.3) is 17.1 Å². The summed E-state index contributed by atoms with van der Waals surface area (Å²) in [6, 6.07) is 22.7. The van der Waals surface area contributed by atoms with E-state index in [4.69, 9.17) is 14.2 Å². The highest BCUT2D eigenvalue weighted by molar-refractivity contribution is 6.04. The van der Waals surface area contributed by atoms with Crippen LogP contribution in [0.15, 0.2) is 72.8 Å². The lowest BCUT2D eigenvalue weighted by atomic mass is 10.1. The lowest BCUT2D eigenvalue weighted by Crippen LogP contribution is -2.12. The van der Waals surface area contributed by atoms with Crippen LogP contribution in [-0.4, -0.2) is 47.6 Å². The van der Waals surface area contributed by atoms with Gasteiger partial charge >= 0.3 is 6.01 Å². The van der Waals surface area contributed by atoms with Gasteiger partial charge in [-0.05, 0) is 55.8 Å². The maximum absolute atomic E-state index is 12.8. The summed E-state index contributed by atoms with van der Waals surface area (Å²) in [4.78, 5) is 17.5. The summed E-state index contributed by atoms with van der Waals surface area (Å²) in [6.07, 6.45) is 0. The van der Waals surface area contributed by atoms with E-state index >= 15 is 0 Å². The molecule has 1 aromatic heterocycles. The Balaban J connectivity index is 1.64. The number of aryl methyl sites for hydroxylation is 1. The van der Waals surface area contributed by atoms with Gasteiger partial charge in [-0.2, -0.15) is 4.98 Å². The fraction of sp³-hybridized carbons (Fsp3) is 0.222. The highest BCUT2D eigenvalue weighted by Crippen LogP contribution is 2.27. The minimum atomic E-state index is -0.237. The lowest BCUT2D eigenvalue weighted by Gasteiger charge is -2.11. The molecular formula is C27H28N4O4. The van der Waals surface area contributed by atoms with Crippen molar-refractivity contribution in [1.82, 2.24) is 14.8 Å². The molecule has 3 aromatic carbocycles. The minimum Gasteiger partial charge on any atom is -0.497 e. The average Bonchev–Trinajstić information content (AvgIpc) is 3.31. The van der Waals surface area contributed by atoms with Crippen LogP contribution >= 0.6 is 0 Å². The van der Waals surface area contributed by atoms with E-state index in [0.717, 1.165) is 16.8 Å². The summed E-state index contributed by atoms with van der Waals surface area (Å²) in [7, 11) is 1.57. The highest BCUT2D eigenvalue weighted by Gasteiger charge is 2.17. The molecule has 8 heteroatoms. The monoisotopic (exact) mass is 472 g/mol. The summed E-state index contributed by atoms with van der Waals surface area (Å²) in [5, 5.41) is 7.54. The van der Waals surface area contributed by atoms with Gasteiger partial charge in [0.25, 0.3) is 5.91 Å². The van der Waals surface area contributed by atoms with Gasteiger partial charge in [0, 0.05) is 23.4 Å². The molecule has 0 aliphatic carbocycles. The second kappa shape index (κ2) is 11.3. The topological polar surface area (TPSA) is 87.5 Å². The van der Waals surface area contributed by atoms with Gasteiger partial charge < -0.3 is 19.5 Å². The molecular weight excluding hydrogens is 444 g/mol. The number of methoxy groups -OCH3 is 1. The first-order valence-corrected chi connectivity index (χ1v) is 11.4. The summed E-state index contributed by atoms with van der Waals surface area (Å²) in [6.45, 7) is 5.38. The number of hydrogen-bond donors (Lipinski definition) is 1. The van der Waals surface area contributed by atoms with Crippen molar-refractivity contribution in [2.45, 2.75) is 13.8 Å². The van der Waals surface area contributed by atoms with Crippen molar-refractivity contribution in [3.05, 3.63) is 83.9 Å². The Hall–Kier alpha value is -4.17. The van der Waals surface area contributed by atoms with E-state index in [1.807, 2.05) is 62.4 Å². The van der Waals surface area contributed by atoms with Gasteiger partial charge in [-0.25, -0.2) is 4.68 Å². The van der Waals surface area contributed by atoms with E-state index in [2.05, 4.69) is 15.4 Å². The van der Waals surface area contributed by atoms with E-state index in [1.54, 1.807) is 36.1 Å². The van der Waals surface area contributed by atoms with Crippen molar-refractivity contribution in [2.75, 3.05) is 32.2 Å². The molecule has 0 saturated heterocycles. The quantitative estimate of drug-likeness (QED) is 0.330. The molecule has 0 aliphatic rings. The number of ether oxygens (including phenoxy) is 3. The molecule has 4 rings (SSSR count). The Morgan fingerprint density at radius 2 is 1.83 bits per heavy atom. The average molecular weight is 473 g/mol. The van der Waals surface area contributed by atoms with E-state index in [9.17, 15) is 4.79 Å². The van der Waals surface area contributed by atoms with E-state index < -0.39 is 0 Å². The zero-order valence-corrected chi connectivity index (χ0v) is 20.0. The number of benzene rings is 3. The smallest absolute Gasteiger partial charge is 0.336 e. The fourth-order valence-electron chi connectivity index (χ4n) is 3.55. The van der Waals surface area contributed by atoms with Gasteiger partial charge in [0.15, 0.2) is 5.82 Å². The third-order valence-corrected chi connectivity index (χ3v) is 5.32. The number of anilines is 1. The molecule has 35 heavy (non-hydrogen) atoms. The second-order valence-electron chi connectivity index (χ2n) is 7.73. The molecule has 180 valence electrons. The number of carbonyl (C=O) groups is 1. The molecule has 0 fully saturated rings. The first-order valence-electron chi connectivity index (χ1n) is 11.4. The van der Waals surface area contributed by atoms with Gasteiger partial charge in [-0.1, -0.05) is 36.4 Å². The van der Waals surface area contributed by atoms with Gasteiger partial charge in [-0.15, -0.1) is 5.10 Å². The van der Waals surface area contributed by atoms with E-state index in [1.165, 1.54) is 0 Å². The number of nitrogens with one attached hydrogen (secondary N) is 1. The molecule has 4 aromatic rings. The Kier molecular flexibility index (Phi) is 7.74. The molecule has 0 bridgehead atoms. The zero-order valence-electron chi connectivity index (χ0n) is 20.0. The lowest BCUT2D eigenvalue weighted by molar-refractivity contribution is 0.102. The first kappa shape index (κ1) is 24.0. The van der Waals surface area contributed by atoms with Crippen LogP contribution in [-0.2, 0) is 4.74 Å². The summed E-state index contributed by atoms with van der Waals surface area (Å²) in [5.41, 5.74) is 3.86. The van der Waals surface area contributed by atoms with Crippen molar-refractivity contribution in [3.8, 4) is 28.8 Å². The molecule has 8 nitrogen and oxygen atoms in total. The van der Waals surface area contributed by atoms with Crippen LogP contribution in [0.5, 0.6) is 11.8 Å². The Morgan fingerprint density at radius 3 is 2.63 bits per heavy atom. The number of nitrogens with zero attached hydrogens (tertiary/aromatic N) is 3. The molecule has 0 atom stereocenters. The SMILES string of the molecule is CCOCCOc1nc(-c2ccccc2C)n(-c2cccc(NC(=O)c3cccc(OC)c3)c2)n1. The predicted octanol–water partition coefficient (Wildman–Crippen LogP) is 4.92. The van der Waals surface area contributed by atoms with Gasteiger partial charge in [0.05, 0.1) is 19.4 Å². The molecule has 0 spiro atoms. The van der Waals surface area contributed by atoms with Crippen LogP contribution in [0.4, 0.5) is 5.69 Å². The molecule has 0 radical (unpaired) electrons. The van der Waals surface area contributed by atoms with Crippen LogP contribution in [0, 0.1) is 6.92 Å². The van der Waals surface area contributed by atoms with Crippen molar-refractivity contribution in [1.29, 1.82) is 0 Å². The summed E-state index contributed by atoms with van der Waals surface area (Å²) < 4.78 is 18.0. The largest absolute Gasteiger partial charge is 0.497 e. The van der Waals surface area contributed by atoms with Crippen molar-refractivity contribution in [2.24, 2.45) is 0 Å². The third-order valence-electron chi connectivity index (χ3n) is 5.32. The predicted molar refractivity (Wildman–Crippen MR) is 134 cm³/mol. The normalized spacial score (nSPS) is 10.7. The highest BCUT2D eigenvalue weighted by atomic mass is 16.5. The van der Waals surface area contributed by atoms with Crippen molar-refractivity contribution >= 4 is 11.6 Å². The molecule has 0 unspecified atom stereocenters. The van der Waals surface area contributed by atoms with Gasteiger partial charge in [-0.3, -0.25) is 4.79 Å². The van der Waals surface area contributed by atoms with Crippen molar-refractivity contribution in [3.63, 3.8) is 0 Å². The zero-order chi connectivity index (χ0) is 24.6. The number of hydrogen-bond acceptors (Lipinski definition) is 6. The maximum Gasteiger partial charge on any atom is 0.336 e. The van der Waals surface area contributed by atoms with E-state index in [0.29, 0.717) is 42.6 Å².